The summed E-state index contributed by atoms with van der Waals surface area (Å²) in [6, 6.07) is 9.20. The molecule has 1 atom stereocenters. The molecular formula is C14H15ClFNS. The molecule has 1 unspecified atom stereocenters. The average molecular weight is 284 g/mol. The summed E-state index contributed by atoms with van der Waals surface area (Å²) in [7, 11) is 0. The van der Waals surface area contributed by atoms with E-state index in [1.807, 2.05) is 0 Å². The minimum atomic E-state index is -0.394. The number of rotatable bonds is 4. The number of hydrogen-bond donors (Lipinski definition) is 1. The van der Waals surface area contributed by atoms with E-state index in [-0.39, 0.29) is 11.1 Å². The highest BCUT2D eigenvalue weighted by molar-refractivity contribution is 7.12. The van der Waals surface area contributed by atoms with Crippen molar-refractivity contribution in [2.45, 2.75) is 26.3 Å². The number of benzene rings is 1. The summed E-state index contributed by atoms with van der Waals surface area (Å²) in [6.45, 7) is 4.21. The van der Waals surface area contributed by atoms with Gasteiger partial charge in [0.1, 0.15) is 5.82 Å². The average Bonchev–Trinajstić information content (AvgIpc) is 2.82. The van der Waals surface area contributed by atoms with Gasteiger partial charge in [-0.3, -0.25) is 0 Å². The SMILES string of the molecule is CCc1ccc(C(C)Nc2ccc(Cl)c(F)c2)s1. The number of thiophene rings is 1. The topological polar surface area (TPSA) is 12.0 Å². The van der Waals surface area contributed by atoms with Gasteiger partial charge in [0, 0.05) is 15.4 Å². The molecule has 1 heterocycles. The Kier molecular flexibility index (Phi) is 4.25. The molecule has 0 aliphatic heterocycles. The van der Waals surface area contributed by atoms with E-state index in [4.69, 9.17) is 11.6 Å². The fourth-order valence-electron chi connectivity index (χ4n) is 1.72. The maximum absolute atomic E-state index is 13.3. The van der Waals surface area contributed by atoms with Crippen molar-refractivity contribution in [3.63, 3.8) is 0 Å². The molecule has 96 valence electrons. The highest BCUT2D eigenvalue weighted by Gasteiger charge is 2.09. The van der Waals surface area contributed by atoms with Crippen molar-refractivity contribution in [3.05, 3.63) is 50.9 Å². The molecule has 1 N–H and O–H groups in total. The van der Waals surface area contributed by atoms with Crippen LogP contribution in [0.3, 0.4) is 0 Å². The van der Waals surface area contributed by atoms with Crippen molar-refractivity contribution in [3.8, 4) is 0 Å². The van der Waals surface area contributed by atoms with E-state index in [2.05, 4.69) is 31.3 Å². The minimum absolute atomic E-state index is 0.151. The van der Waals surface area contributed by atoms with Gasteiger partial charge in [0.15, 0.2) is 0 Å². The zero-order valence-electron chi connectivity index (χ0n) is 10.3. The van der Waals surface area contributed by atoms with Gasteiger partial charge in [-0.2, -0.15) is 0 Å². The maximum atomic E-state index is 13.3. The van der Waals surface area contributed by atoms with Crippen molar-refractivity contribution in [2.75, 3.05) is 5.32 Å². The van der Waals surface area contributed by atoms with Gasteiger partial charge >= 0.3 is 0 Å². The molecule has 0 bridgehead atoms. The maximum Gasteiger partial charge on any atom is 0.143 e. The molecule has 2 aromatic rings. The van der Waals surface area contributed by atoms with Gasteiger partial charge in [-0.25, -0.2) is 4.39 Å². The molecule has 2 rings (SSSR count). The Morgan fingerprint density at radius 3 is 2.72 bits per heavy atom. The second kappa shape index (κ2) is 5.72. The molecule has 0 fully saturated rings. The fraction of sp³-hybridized carbons (Fsp3) is 0.286. The molecule has 1 nitrogen and oxygen atoms in total. The van der Waals surface area contributed by atoms with Crippen LogP contribution >= 0.6 is 22.9 Å². The first-order valence-electron chi connectivity index (χ1n) is 5.90. The third-order valence-corrected chi connectivity index (χ3v) is 4.48. The highest BCUT2D eigenvalue weighted by Crippen LogP contribution is 2.27. The van der Waals surface area contributed by atoms with Crippen molar-refractivity contribution < 1.29 is 4.39 Å². The van der Waals surface area contributed by atoms with Gasteiger partial charge in [-0.05, 0) is 43.7 Å². The zero-order chi connectivity index (χ0) is 13.1. The van der Waals surface area contributed by atoms with Crippen molar-refractivity contribution in [2.24, 2.45) is 0 Å². The lowest BCUT2D eigenvalue weighted by atomic mass is 10.2. The van der Waals surface area contributed by atoms with Gasteiger partial charge < -0.3 is 5.32 Å². The summed E-state index contributed by atoms with van der Waals surface area (Å²) >= 11 is 7.44. The Bertz CT molecular complexity index is 538. The van der Waals surface area contributed by atoms with Gasteiger partial charge in [-0.1, -0.05) is 18.5 Å². The van der Waals surface area contributed by atoms with E-state index in [9.17, 15) is 4.39 Å². The minimum Gasteiger partial charge on any atom is -0.378 e. The molecule has 4 heteroatoms. The Labute approximate surface area is 116 Å². The van der Waals surface area contributed by atoms with Gasteiger partial charge in [0.05, 0.1) is 11.1 Å². The Morgan fingerprint density at radius 2 is 2.11 bits per heavy atom. The molecular weight excluding hydrogens is 269 g/mol. The van der Waals surface area contributed by atoms with Crippen LogP contribution in [0, 0.1) is 5.82 Å². The van der Waals surface area contributed by atoms with Crippen LogP contribution in [0.5, 0.6) is 0 Å². The highest BCUT2D eigenvalue weighted by atomic mass is 35.5. The monoisotopic (exact) mass is 283 g/mol. The van der Waals surface area contributed by atoms with Gasteiger partial charge in [0.25, 0.3) is 0 Å². The van der Waals surface area contributed by atoms with E-state index in [0.29, 0.717) is 0 Å². The van der Waals surface area contributed by atoms with Gasteiger partial charge in [0.2, 0.25) is 0 Å². The molecule has 0 saturated carbocycles. The van der Waals surface area contributed by atoms with Crippen LogP contribution in [0.4, 0.5) is 10.1 Å². The fourth-order valence-corrected chi connectivity index (χ4v) is 2.80. The number of hydrogen-bond acceptors (Lipinski definition) is 2. The molecule has 0 spiro atoms. The first-order valence-corrected chi connectivity index (χ1v) is 7.09. The molecule has 0 aliphatic rings. The van der Waals surface area contributed by atoms with Crippen LogP contribution in [0.1, 0.15) is 29.6 Å². The summed E-state index contributed by atoms with van der Waals surface area (Å²) in [5.74, 6) is -0.394. The van der Waals surface area contributed by atoms with Crippen LogP contribution in [-0.4, -0.2) is 0 Å². The number of halogens is 2. The van der Waals surface area contributed by atoms with Crippen LogP contribution < -0.4 is 5.32 Å². The lowest BCUT2D eigenvalue weighted by molar-refractivity contribution is 0.628. The summed E-state index contributed by atoms with van der Waals surface area (Å²) in [5.41, 5.74) is 0.746. The summed E-state index contributed by atoms with van der Waals surface area (Å²) in [5, 5.41) is 3.43. The van der Waals surface area contributed by atoms with E-state index >= 15 is 0 Å². The van der Waals surface area contributed by atoms with E-state index in [1.165, 1.54) is 15.8 Å². The van der Waals surface area contributed by atoms with Crippen molar-refractivity contribution in [1.82, 2.24) is 0 Å². The van der Waals surface area contributed by atoms with E-state index < -0.39 is 5.82 Å². The predicted molar refractivity (Wildman–Crippen MR) is 77.1 cm³/mol. The second-order valence-electron chi connectivity index (χ2n) is 4.15. The van der Waals surface area contributed by atoms with Crippen LogP contribution in [-0.2, 0) is 6.42 Å². The van der Waals surface area contributed by atoms with Crippen LogP contribution in [0.25, 0.3) is 0 Å². The Morgan fingerprint density at radius 1 is 1.33 bits per heavy atom. The normalized spacial score (nSPS) is 12.4. The van der Waals surface area contributed by atoms with E-state index in [0.717, 1.165) is 12.1 Å². The largest absolute Gasteiger partial charge is 0.378 e. The number of anilines is 1. The third-order valence-electron chi connectivity index (χ3n) is 2.76. The van der Waals surface area contributed by atoms with Crippen LogP contribution in [0.2, 0.25) is 5.02 Å². The van der Waals surface area contributed by atoms with Crippen molar-refractivity contribution in [1.29, 1.82) is 0 Å². The third kappa shape index (κ3) is 3.03. The van der Waals surface area contributed by atoms with Crippen LogP contribution in [0.15, 0.2) is 30.3 Å². The quantitative estimate of drug-likeness (QED) is 0.805. The standard InChI is InChI=1S/C14H15ClFNS/c1-3-11-5-7-14(18-11)9(2)17-10-4-6-12(15)13(16)8-10/h4-9,17H,3H2,1-2H3. The molecule has 0 radical (unpaired) electrons. The summed E-state index contributed by atoms with van der Waals surface area (Å²) in [4.78, 5) is 2.61. The lowest BCUT2D eigenvalue weighted by Gasteiger charge is -2.14. The van der Waals surface area contributed by atoms with E-state index in [1.54, 1.807) is 23.5 Å². The number of nitrogens with one attached hydrogen (secondary N) is 1. The Balaban J connectivity index is 2.10. The molecule has 18 heavy (non-hydrogen) atoms. The Hall–Kier alpha value is -1.06. The molecule has 0 saturated heterocycles. The van der Waals surface area contributed by atoms with Gasteiger partial charge in [-0.15, -0.1) is 11.3 Å². The second-order valence-corrected chi connectivity index (χ2v) is 5.76. The first kappa shape index (κ1) is 13.4. The summed E-state index contributed by atoms with van der Waals surface area (Å²) in [6.07, 6.45) is 1.05. The number of aryl methyl sites for hydroxylation is 1. The molecule has 0 aliphatic carbocycles. The lowest BCUT2D eigenvalue weighted by Crippen LogP contribution is -2.04. The first-order chi connectivity index (χ1) is 8.60. The molecule has 1 aromatic carbocycles. The molecule has 0 amide bonds. The molecule has 1 aromatic heterocycles. The summed E-state index contributed by atoms with van der Waals surface area (Å²) < 4.78 is 13.3. The van der Waals surface area contributed by atoms with Crippen molar-refractivity contribution >= 4 is 28.6 Å². The smallest absolute Gasteiger partial charge is 0.143 e. The zero-order valence-corrected chi connectivity index (χ0v) is 11.9. The predicted octanol–water partition coefficient (Wildman–Crippen LogP) is 5.28.